The van der Waals surface area contributed by atoms with Gasteiger partial charge in [-0.3, -0.25) is 4.68 Å². The maximum atomic E-state index is 13.3. The Kier molecular flexibility index (Phi) is 3.72. The van der Waals surface area contributed by atoms with Crippen LogP contribution in [-0.2, 0) is 19.5 Å². The van der Waals surface area contributed by atoms with Crippen molar-refractivity contribution in [2.24, 2.45) is 0 Å². The van der Waals surface area contributed by atoms with Crippen molar-refractivity contribution in [2.45, 2.75) is 33.4 Å². The van der Waals surface area contributed by atoms with Gasteiger partial charge in [0.15, 0.2) is 0 Å². The summed E-state index contributed by atoms with van der Waals surface area (Å²) < 4.78 is 17.3. The van der Waals surface area contributed by atoms with Crippen LogP contribution in [0.4, 0.5) is 4.39 Å². The number of aryl methyl sites for hydroxylation is 2. The van der Waals surface area contributed by atoms with Crippen molar-refractivity contribution in [1.29, 1.82) is 0 Å². The van der Waals surface area contributed by atoms with E-state index in [9.17, 15) is 4.39 Å². The summed E-state index contributed by atoms with van der Waals surface area (Å²) >= 11 is 6.45. The number of nitrogens with zero attached hydrogens (tertiary/aromatic N) is 3. The molecule has 3 rings (SSSR count). The van der Waals surface area contributed by atoms with Crippen LogP contribution in [0, 0.1) is 5.82 Å². The van der Waals surface area contributed by atoms with Gasteiger partial charge in [-0.25, -0.2) is 4.39 Å². The fourth-order valence-electron chi connectivity index (χ4n) is 2.64. The van der Waals surface area contributed by atoms with Gasteiger partial charge < -0.3 is 4.57 Å². The first-order valence-electron chi connectivity index (χ1n) is 7.12. The first-order chi connectivity index (χ1) is 10.1. The molecule has 2 heterocycles. The minimum atomic E-state index is -0.217. The molecule has 0 aliphatic carbocycles. The van der Waals surface area contributed by atoms with Crippen molar-refractivity contribution in [3.05, 3.63) is 52.7 Å². The SMILES string of the molecule is CCc1nn(CC)c(Cn2ccc3cc(F)ccc32)c1Cl. The van der Waals surface area contributed by atoms with Gasteiger partial charge in [0.1, 0.15) is 5.82 Å². The van der Waals surface area contributed by atoms with E-state index in [0.29, 0.717) is 6.54 Å². The normalized spacial score (nSPS) is 11.4. The number of hydrogen-bond acceptors (Lipinski definition) is 1. The standard InChI is InChI=1S/C16H17ClFN3/c1-3-13-16(17)15(21(4-2)19-13)10-20-8-7-11-9-12(18)5-6-14(11)20/h5-9H,3-4,10H2,1-2H3. The van der Waals surface area contributed by atoms with Gasteiger partial charge in [0.05, 0.1) is 23.0 Å². The van der Waals surface area contributed by atoms with Crippen molar-refractivity contribution in [2.75, 3.05) is 0 Å². The smallest absolute Gasteiger partial charge is 0.123 e. The lowest BCUT2D eigenvalue weighted by Crippen LogP contribution is -2.07. The number of rotatable bonds is 4. The van der Waals surface area contributed by atoms with Gasteiger partial charge in [0.2, 0.25) is 0 Å². The second-order valence-corrected chi connectivity index (χ2v) is 5.40. The molecule has 0 unspecified atom stereocenters. The summed E-state index contributed by atoms with van der Waals surface area (Å²) in [4.78, 5) is 0. The zero-order valence-corrected chi connectivity index (χ0v) is 12.9. The van der Waals surface area contributed by atoms with Crippen LogP contribution in [0.2, 0.25) is 5.02 Å². The van der Waals surface area contributed by atoms with Gasteiger partial charge in [0, 0.05) is 23.6 Å². The molecule has 1 aromatic carbocycles. The molecular weight excluding hydrogens is 289 g/mol. The molecule has 0 saturated carbocycles. The maximum Gasteiger partial charge on any atom is 0.123 e. The highest BCUT2D eigenvalue weighted by atomic mass is 35.5. The van der Waals surface area contributed by atoms with Gasteiger partial charge in [0.25, 0.3) is 0 Å². The molecule has 110 valence electrons. The molecule has 0 N–H and O–H groups in total. The molecule has 0 atom stereocenters. The fourth-order valence-corrected chi connectivity index (χ4v) is 2.97. The molecule has 0 amide bonds. The van der Waals surface area contributed by atoms with Crippen molar-refractivity contribution >= 4 is 22.5 Å². The monoisotopic (exact) mass is 305 g/mol. The summed E-state index contributed by atoms with van der Waals surface area (Å²) in [6.07, 6.45) is 2.77. The molecule has 5 heteroatoms. The maximum absolute atomic E-state index is 13.3. The Morgan fingerprint density at radius 2 is 2.05 bits per heavy atom. The number of hydrogen-bond donors (Lipinski definition) is 0. The first-order valence-corrected chi connectivity index (χ1v) is 7.50. The van der Waals surface area contributed by atoms with E-state index in [4.69, 9.17) is 11.6 Å². The highest BCUT2D eigenvalue weighted by Crippen LogP contribution is 2.25. The zero-order valence-electron chi connectivity index (χ0n) is 12.1. The number of benzene rings is 1. The van der Waals surface area contributed by atoms with E-state index in [1.165, 1.54) is 6.07 Å². The average molecular weight is 306 g/mol. The molecule has 0 saturated heterocycles. The lowest BCUT2D eigenvalue weighted by Gasteiger charge is -2.08. The molecule has 21 heavy (non-hydrogen) atoms. The third-order valence-corrected chi connectivity index (χ3v) is 4.18. The van der Waals surface area contributed by atoms with E-state index in [2.05, 4.69) is 16.6 Å². The Labute approximate surface area is 127 Å². The van der Waals surface area contributed by atoms with Crippen molar-refractivity contribution in [3.8, 4) is 0 Å². The molecule has 0 radical (unpaired) electrons. The lowest BCUT2D eigenvalue weighted by molar-refractivity contribution is 0.599. The van der Waals surface area contributed by atoms with E-state index in [1.807, 2.05) is 23.9 Å². The summed E-state index contributed by atoms with van der Waals surface area (Å²) in [5.41, 5.74) is 2.92. The van der Waals surface area contributed by atoms with Gasteiger partial charge in [-0.15, -0.1) is 0 Å². The Morgan fingerprint density at radius 3 is 2.76 bits per heavy atom. The summed E-state index contributed by atoms with van der Waals surface area (Å²) in [6.45, 7) is 5.51. The second-order valence-electron chi connectivity index (χ2n) is 5.02. The molecular formula is C16H17ClFN3. The van der Waals surface area contributed by atoms with Crippen molar-refractivity contribution in [3.63, 3.8) is 0 Å². The van der Waals surface area contributed by atoms with Crippen LogP contribution in [0.3, 0.4) is 0 Å². The Balaban J connectivity index is 2.04. The Morgan fingerprint density at radius 1 is 1.24 bits per heavy atom. The minimum absolute atomic E-state index is 0.217. The highest BCUT2D eigenvalue weighted by molar-refractivity contribution is 6.31. The van der Waals surface area contributed by atoms with E-state index in [0.717, 1.165) is 40.3 Å². The van der Waals surface area contributed by atoms with E-state index >= 15 is 0 Å². The number of fused-ring (bicyclic) bond motifs is 1. The molecule has 0 fully saturated rings. The first kappa shape index (κ1) is 14.1. The van der Waals surface area contributed by atoms with Gasteiger partial charge in [-0.05, 0) is 37.6 Å². The Hall–Kier alpha value is -1.81. The summed E-state index contributed by atoms with van der Waals surface area (Å²) in [5, 5.41) is 6.16. The third-order valence-electron chi connectivity index (χ3n) is 3.75. The summed E-state index contributed by atoms with van der Waals surface area (Å²) in [6, 6.07) is 6.74. The van der Waals surface area contributed by atoms with Crippen LogP contribution in [0.15, 0.2) is 30.5 Å². The molecule has 3 aromatic rings. The van der Waals surface area contributed by atoms with Crippen LogP contribution in [0.25, 0.3) is 10.9 Å². The fraction of sp³-hybridized carbons (Fsp3) is 0.312. The van der Waals surface area contributed by atoms with Crippen LogP contribution >= 0.6 is 11.6 Å². The largest absolute Gasteiger partial charge is 0.341 e. The van der Waals surface area contributed by atoms with E-state index < -0.39 is 0 Å². The van der Waals surface area contributed by atoms with E-state index in [-0.39, 0.29) is 5.82 Å². The quantitative estimate of drug-likeness (QED) is 0.706. The number of aromatic nitrogens is 3. The third kappa shape index (κ3) is 2.44. The van der Waals surface area contributed by atoms with Crippen molar-refractivity contribution in [1.82, 2.24) is 14.3 Å². The molecule has 3 nitrogen and oxygen atoms in total. The second kappa shape index (κ2) is 5.53. The predicted octanol–water partition coefficient (Wildman–Crippen LogP) is 4.26. The summed E-state index contributed by atoms with van der Waals surface area (Å²) in [7, 11) is 0. The van der Waals surface area contributed by atoms with Crippen molar-refractivity contribution < 1.29 is 4.39 Å². The van der Waals surface area contributed by atoms with Gasteiger partial charge in [-0.1, -0.05) is 18.5 Å². The topological polar surface area (TPSA) is 22.8 Å². The minimum Gasteiger partial charge on any atom is -0.341 e. The molecule has 2 aromatic heterocycles. The summed E-state index contributed by atoms with van der Waals surface area (Å²) in [5.74, 6) is -0.217. The van der Waals surface area contributed by atoms with E-state index in [1.54, 1.807) is 12.1 Å². The Bertz CT molecular complexity index is 788. The predicted molar refractivity (Wildman–Crippen MR) is 83.3 cm³/mol. The highest BCUT2D eigenvalue weighted by Gasteiger charge is 2.15. The van der Waals surface area contributed by atoms with Crippen LogP contribution < -0.4 is 0 Å². The number of halogens is 2. The van der Waals surface area contributed by atoms with Gasteiger partial charge >= 0.3 is 0 Å². The zero-order chi connectivity index (χ0) is 15.0. The van der Waals surface area contributed by atoms with Crippen LogP contribution in [-0.4, -0.2) is 14.3 Å². The average Bonchev–Trinajstić information content (AvgIpc) is 3.01. The van der Waals surface area contributed by atoms with Crippen LogP contribution in [0.1, 0.15) is 25.2 Å². The van der Waals surface area contributed by atoms with Gasteiger partial charge in [-0.2, -0.15) is 5.10 Å². The lowest BCUT2D eigenvalue weighted by atomic mass is 10.2. The molecule has 0 bridgehead atoms. The molecule has 0 aliphatic rings. The molecule has 0 aliphatic heterocycles. The molecule has 0 spiro atoms. The van der Waals surface area contributed by atoms with Crippen LogP contribution in [0.5, 0.6) is 0 Å².